The molecule has 1 aliphatic heterocycles. The van der Waals surface area contributed by atoms with Crippen molar-refractivity contribution in [1.29, 1.82) is 0 Å². The van der Waals surface area contributed by atoms with Gasteiger partial charge in [-0.15, -0.1) is 0 Å². The van der Waals surface area contributed by atoms with E-state index in [-0.39, 0.29) is 5.91 Å². The van der Waals surface area contributed by atoms with Crippen molar-refractivity contribution in [3.63, 3.8) is 0 Å². The van der Waals surface area contributed by atoms with Gasteiger partial charge < -0.3 is 9.47 Å². The second-order valence-corrected chi connectivity index (χ2v) is 8.45. The Labute approximate surface area is 187 Å². The first kappa shape index (κ1) is 21.7. The summed E-state index contributed by atoms with van der Waals surface area (Å²) in [6.07, 6.45) is 1.83. The van der Waals surface area contributed by atoms with Gasteiger partial charge in [-0.05, 0) is 60.2 Å². The van der Waals surface area contributed by atoms with Gasteiger partial charge in [0.05, 0.1) is 11.5 Å². The molecule has 1 heterocycles. The van der Waals surface area contributed by atoms with E-state index in [9.17, 15) is 4.79 Å². The quantitative estimate of drug-likeness (QED) is 0.489. The van der Waals surface area contributed by atoms with E-state index < -0.39 is 0 Å². The largest absolute Gasteiger partial charge is 0.490 e. The van der Waals surface area contributed by atoms with E-state index in [2.05, 4.69) is 20.9 Å². The summed E-state index contributed by atoms with van der Waals surface area (Å²) in [5, 5.41) is 1.36. The Morgan fingerprint density at radius 1 is 1.21 bits per heavy atom. The first-order valence-electron chi connectivity index (χ1n) is 8.91. The summed E-state index contributed by atoms with van der Waals surface area (Å²) in [7, 11) is 3.39. The number of aliphatic imine (C=N–C) groups is 1. The van der Waals surface area contributed by atoms with Crippen LogP contribution in [0.4, 0.5) is 0 Å². The summed E-state index contributed by atoms with van der Waals surface area (Å²) >= 11 is 10.9. The maximum atomic E-state index is 12.4. The molecule has 0 aromatic heterocycles. The lowest BCUT2D eigenvalue weighted by molar-refractivity contribution is -0.121. The number of nitrogens with zero attached hydrogens (tertiary/aromatic N) is 2. The molecule has 0 unspecified atom stereocenters. The fourth-order valence-corrected chi connectivity index (χ4v) is 4.16. The Morgan fingerprint density at radius 3 is 2.52 bits per heavy atom. The molecule has 0 spiro atoms. The number of carbonyl (C=O) groups excluding carboxylic acids is 1. The minimum Gasteiger partial charge on any atom is -0.490 e. The van der Waals surface area contributed by atoms with E-state index in [4.69, 9.17) is 21.1 Å². The molecule has 5 nitrogen and oxygen atoms in total. The molecular formula is C21H20BrClN2O3S. The highest BCUT2D eigenvalue weighted by atomic mass is 79.9. The summed E-state index contributed by atoms with van der Waals surface area (Å²) < 4.78 is 12.6. The van der Waals surface area contributed by atoms with Gasteiger partial charge in [-0.3, -0.25) is 14.7 Å². The molecule has 1 aliphatic rings. The van der Waals surface area contributed by atoms with Gasteiger partial charge in [-0.2, -0.15) is 0 Å². The highest BCUT2D eigenvalue weighted by Crippen LogP contribution is 2.38. The maximum Gasteiger partial charge on any atom is 0.266 e. The van der Waals surface area contributed by atoms with Crippen LogP contribution in [0.2, 0.25) is 5.02 Å². The average Bonchev–Trinajstić information content (AvgIpc) is 2.98. The summed E-state index contributed by atoms with van der Waals surface area (Å²) in [6.45, 7) is 2.80. The molecule has 0 saturated carbocycles. The van der Waals surface area contributed by atoms with Crippen LogP contribution in [-0.4, -0.2) is 36.7 Å². The zero-order valence-corrected chi connectivity index (χ0v) is 19.4. The second-order valence-electron chi connectivity index (χ2n) is 6.15. The number of thioether (sulfide) groups is 1. The molecule has 0 bridgehead atoms. The van der Waals surface area contributed by atoms with Crippen LogP contribution < -0.4 is 9.47 Å². The van der Waals surface area contributed by atoms with E-state index in [1.54, 1.807) is 14.1 Å². The molecule has 1 fully saturated rings. The number of rotatable bonds is 6. The monoisotopic (exact) mass is 494 g/mol. The summed E-state index contributed by atoms with van der Waals surface area (Å²) in [6, 6.07) is 11.2. The number of ether oxygens (including phenoxy) is 2. The number of amidine groups is 1. The molecule has 3 rings (SSSR count). The third kappa shape index (κ3) is 5.15. The fourth-order valence-electron chi connectivity index (χ4n) is 2.67. The van der Waals surface area contributed by atoms with Crippen molar-refractivity contribution in [3.05, 3.63) is 61.9 Å². The van der Waals surface area contributed by atoms with E-state index >= 15 is 0 Å². The van der Waals surface area contributed by atoms with Crippen molar-refractivity contribution in [2.45, 2.75) is 13.5 Å². The molecule has 8 heteroatoms. The van der Waals surface area contributed by atoms with Gasteiger partial charge in [0.15, 0.2) is 16.7 Å². The van der Waals surface area contributed by atoms with Gasteiger partial charge in [-0.1, -0.05) is 39.7 Å². The summed E-state index contributed by atoms with van der Waals surface area (Å²) in [5.74, 6) is 1.15. The molecule has 0 atom stereocenters. The normalized spacial score (nSPS) is 16.7. The van der Waals surface area contributed by atoms with Crippen molar-refractivity contribution < 1.29 is 14.3 Å². The van der Waals surface area contributed by atoms with Crippen LogP contribution in [-0.2, 0) is 11.4 Å². The van der Waals surface area contributed by atoms with E-state index in [1.807, 2.05) is 49.4 Å². The predicted molar refractivity (Wildman–Crippen MR) is 123 cm³/mol. The predicted octanol–water partition coefficient (Wildman–Crippen LogP) is 5.61. The number of hydrogen-bond donors (Lipinski definition) is 0. The molecule has 1 saturated heterocycles. The van der Waals surface area contributed by atoms with E-state index in [0.29, 0.717) is 39.8 Å². The molecule has 29 heavy (non-hydrogen) atoms. The molecule has 152 valence electrons. The minimum absolute atomic E-state index is 0.0801. The highest BCUT2D eigenvalue weighted by Gasteiger charge is 2.30. The number of benzene rings is 2. The van der Waals surface area contributed by atoms with Gasteiger partial charge in [0.1, 0.15) is 6.61 Å². The smallest absolute Gasteiger partial charge is 0.266 e. The van der Waals surface area contributed by atoms with Crippen molar-refractivity contribution in [1.82, 2.24) is 4.90 Å². The van der Waals surface area contributed by atoms with Crippen LogP contribution in [0.25, 0.3) is 6.08 Å². The highest BCUT2D eigenvalue weighted by molar-refractivity contribution is 9.10. The molecule has 0 N–H and O–H groups in total. The minimum atomic E-state index is -0.0801. The van der Waals surface area contributed by atoms with Crippen molar-refractivity contribution >= 4 is 56.4 Å². The van der Waals surface area contributed by atoms with Gasteiger partial charge in [-0.25, -0.2) is 0 Å². The first-order chi connectivity index (χ1) is 13.9. The zero-order chi connectivity index (χ0) is 21.0. The van der Waals surface area contributed by atoms with Crippen LogP contribution in [0.5, 0.6) is 11.5 Å². The van der Waals surface area contributed by atoms with Crippen LogP contribution in [0.1, 0.15) is 18.1 Å². The molecule has 2 aromatic carbocycles. The second kappa shape index (κ2) is 9.69. The van der Waals surface area contributed by atoms with Crippen LogP contribution in [0, 0.1) is 0 Å². The van der Waals surface area contributed by atoms with Gasteiger partial charge >= 0.3 is 0 Å². The Morgan fingerprint density at radius 2 is 1.90 bits per heavy atom. The van der Waals surface area contributed by atoms with Crippen LogP contribution >= 0.6 is 39.3 Å². The molecule has 0 radical (unpaired) electrons. The molecule has 1 amide bonds. The van der Waals surface area contributed by atoms with E-state index in [1.165, 1.54) is 16.7 Å². The van der Waals surface area contributed by atoms with E-state index in [0.717, 1.165) is 15.6 Å². The van der Waals surface area contributed by atoms with Crippen molar-refractivity contribution in [3.8, 4) is 11.5 Å². The molecular weight excluding hydrogens is 476 g/mol. The van der Waals surface area contributed by atoms with Crippen LogP contribution in [0.15, 0.2) is 50.8 Å². The van der Waals surface area contributed by atoms with Crippen molar-refractivity contribution in [2.24, 2.45) is 4.99 Å². The first-order valence-corrected chi connectivity index (χ1v) is 10.9. The van der Waals surface area contributed by atoms with Crippen LogP contribution in [0.3, 0.4) is 0 Å². The average molecular weight is 496 g/mol. The standard InChI is InChI=1S/C21H20BrClN2O3S/c1-4-27-17-9-14(10-19-20(26)25(3)21(24-2)29-19)16(22)11-18(17)28-12-13-5-7-15(23)8-6-13/h5-11H,4,12H2,1-3H3/b19-10+,24-21?. The summed E-state index contributed by atoms with van der Waals surface area (Å²) in [4.78, 5) is 18.7. The lowest BCUT2D eigenvalue weighted by Gasteiger charge is -2.14. The Hall–Kier alpha value is -1.96. The third-order valence-electron chi connectivity index (χ3n) is 4.15. The molecule has 0 aliphatic carbocycles. The Kier molecular flexibility index (Phi) is 7.27. The number of carbonyl (C=O) groups is 1. The molecule has 2 aromatic rings. The number of amides is 1. The van der Waals surface area contributed by atoms with Gasteiger partial charge in [0.25, 0.3) is 5.91 Å². The zero-order valence-electron chi connectivity index (χ0n) is 16.2. The SMILES string of the molecule is CCOc1cc(/C=C2/SC(=NC)N(C)C2=O)c(Br)cc1OCc1ccc(Cl)cc1. The Bertz CT molecular complexity index is 977. The van der Waals surface area contributed by atoms with Crippen molar-refractivity contribution in [2.75, 3.05) is 20.7 Å². The topological polar surface area (TPSA) is 51.1 Å². The van der Waals surface area contributed by atoms with Gasteiger partial charge in [0.2, 0.25) is 0 Å². The third-order valence-corrected chi connectivity index (χ3v) is 6.24. The number of halogens is 2. The Balaban J connectivity index is 1.87. The lowest BCUT2D eigenvalue weighted by Crippen LogP contribution is -2.23. The maximum absolute atomic E-state index is 12.4. The lowest BCUT2D eigenvalue weighted by atomic mass is 10.1. The summed E-state index contributed by atoms with van der Waals surface area (Å²) in [5.41, 5.74) is 1.83. The fraction of sp³-hybridized carbons (Fsp3) is 0.238. The van der Waals surface area contributed by atoms with Gasteiger partial charge in [0, 0.05) is 23.6 Å². The number of hydrogen-bond acceptors (Lipinski definition) is 5. The number of likely N-dealkylation sites (N-methyl/N-ethyl adjacent to an activating group) is 1.